The monoisotopic (exact) mass is 408 g/mol. The Kier molecular flexibility index (Phi) is 10.4. The fourth-order valence-corrected chi connectivity index (χ4v) is 2.30. The maximum atomic E-state index is 11.8. The number of hydrogen-bond donors (Lipinski definition) is 1. The number of aromatic carboxylic acids is 1. The van der Waals surface area contributed by atoms with Gasteiger partial charge in [0.25, 0.3) is 0 Å². The third kappa shape index (κ3) is 7.57. The van der Waals surface area contributed by atoms with Crippen molar-refractivity contribution in [2.45, 2.75) is 19.1 Å². The van der Waals surface area contributed by atoms with Crippen molar-refractivity contribution in [1.82, 2.24) is 0 Å². The predicted molar refractivity (Wildman–Crippen MR) is 94.1 cm³/mol. The third-order valence-corrected chi connectivity index (χ3v) is 3.59. The predicted octanol–water partition coefficient (Wildman–Crippen LogP) is 2.83. The Balaban J connectivity index is 0.000000310. The summed E-state index contributed by atoms with van der Waals surface area (Å²) in [6, 6.07) is 17.8. The van der Waals surface area contributed by atoms with E-state index in [1.165, 1.54) is 12.1 Å². The fraction of sp³-hybridized carbons (Fsp3) is 0.300. The van der Waals surface area contributed by atoms with Gasteiger partial charge in [-0.05, 0) is 24.6 Å². The first kappa shape index (κ1) is 22.9. The van der Waals surface area contributed by atoms with Crippen LogP contribution >= 0.6 is 0 Å². The zero-order valence-corrected chi connectivity index (χ0v) is 16.3. The topological polar surface area (TPSA) is 82.1 Å². The Bertz CT molecular complexity index is 692. The summed E-state index contributed by atoms with van der Waals surface area (Å²) in [6.07, 6.45) is -0.449. The molecule has 0 aromatic heterocycles. The number of benzene rings is 2. The van der Waals surface area contributed by atoms with E-state index >= 15 is 0 Å². The molecule has 6 nitrogen and oxygen atoms in total. The van der Waals surface area contributed by atoms with E-state index in [4.69, 9.17) is 19.3 Å². The molecule has 1 radical (unpaired) electrons. The number of carboxylic acids is 1. The summed E-state index contributed by atoms with van der Waals surface area (Å²) in [6.45, 7) is 3.39. The van der Waals surface area contributed by atoms with Crippen LogP contribution in [0.15, 0.2) is 54.6 Å². The Labute approximate surface area is 170 Å². The molecule has 1 aliphatic heterocycles. The standard InChI is InChI=1S/C13H16O4.C7H5O2.V/c1-2-16-11-8-15-9-12(11)17-13(14)10-6-4-3-5-7-10;8-7(9)6-4-2-1-3-5-6;/h3-7,11-12H,2,8-9H2,1H3;2-5H,(H,8,9);/q;-1;/t11-,12?;;/m0../s1. The molecular formula is C20H21O6V-. The summed E-state index contributed by atoms with van der Waals surface area (Å²) in [7, 11) is 0. The van der Waals surface area contributed by atoms with Gasteiger partial charge in [-0.2, -0.15) is 30.3 Å². The second-order valence-electron chi connectivity index (χ2n) is 5.43. The van der Waals surface area contributed by atoms with Crippen molar-refractivity contribution in [3.63, 3.8) is 0 Å². The summed E-state index contributed by atoms with van der Waals surface area (Å²) in [5, 5.41) is 8.37. The zero-order valence-electron chi connectivity index (χ0n) is 14.9. The molecule has 2 aromatic rings. The maximum absolute atomic E-state index is 11.8. The Morgan fingerprint density at radius 2 is 1.70 bits per heavy atom. The average molecular weight is 408 g/mol. The molecule has 1 heterocycles. The molecule has 1 saturated heterocycles. The van der Waals surface area contributed by atoms with Crippen molar-refractivity contribution in [2.24, 2.45) is 0 Å². The Hall–Kier alpha value is -2.12. The van der Waals surface area contributed by atoms with E-state index in [9.17, 15) is 9.59 Å². The van der Waals surface area contributed by atoms with Gasteiger partial charge in [0, 0.05) is 25.2 Å². The average Bonchev–Trinajstić information content (AvgIpc) is 3.11. The van der Waals surface area contributed by atoms with E-state index in [2.05, 4.69) is 6.07 Å². The molecule has 0 amide bonds. The van der Waals surface area contributed by atoms with Crippen LogP contribution in [0.3, 0.4) is 0 Å². The van der Waals surface area contributed by atoms with Crippen molar-refractivity contribution in [3.8, 4) is 0 Å². The molecule has 0 aliphatic carbocycles. The summed E-state index contributed by atoms with van der Waals surface area (Å²) in [4.78, 5) is 22.0. The molecule has 1 unspecified atom stereocenters. The van der Waals surface area contributed by atoms with E-state index in [1.807, 2.05) is 25.1 Å². The van der Waals surface area contributed by atoms with Gasteiger partial charge in [-0.3, -0.25) is 0 Å². The van der Waals surface area contributed by atoms with Crippen LogP contribution in [-0.2, 0) is 32.8 Å². The van der Waals surface area contributed by atoms with Crippen LogP contribution in [0.1, 0.15) is 27.6 Å². The van der Waals surface area contributed by atoms with E-state index in [0.29, 0.717) is 30.9 Å². The minimum atomic E-state index is -0.899. The molecule has 2 aromatic carbocycles. The van der Waals surface area contributed by atoms with Crippen molar-refractivity contribution in [2.75, 3.05) is 19.8 Å². The number of hydrogen-bond acceptors (Lipinski definition) is 5. The molecule has 3 rings (SSSR count). The Morgan fingerprint density at radius 1 is 1.07 bits per heavy atom. The third-order valence-electron chi connectivity index (χ3n) is 3.59. The molecule has 2 atom stereocenters. The molecule has 1 fully saturated rings. The maximum Gasteiger partial charge on any atom is 0.338 e. The molecule has 0 bridgehead atoms. The van der Waals surface area contributed by atoms with Gasteiger partial charge in [0.05, 0.1) is 18.8 Å². The molecule has 27 heavy (non-hydrogen) atoms. The molecule has 1 N–H and O–H groups in total. The number of rotatable bonds is 5. The van der Waals surface area contributed by atoms with Crippen LogP contribution < -0.4 is 0 Å². The van der Waals surface area contributed by atoms with Gasteiger partial charge >= 0.3 is 11.9 Å². The number of carboxylic acid groups (broad SMARTS) is 1. The summed E-state index contributed by atoms with van der Waals surface area (Å²) >= 11 is 0. The minimum absolute atomic E-state index is 0. The molecule has 0 spiro atoms. The first-order valence-electron chi connectivity index (χ1n) is 8.26. The van der Waals surface area contributed by atoms with Gasteiger partial charge in [-0.15, -0.1) is 0 Å². The van der Waals surface area contributed by atoms with Crippen molar-refractivity contribution in [1.29, 1.82) is 0 Å². The first-order valence-corrected chi connectivity index (χ1v) is 8.26. The zero-order chi connectivity index (χ0) is 18.8. The van der Waals surface area contributed by atoms with Gasteiger partial charge in [-0.25, -0.2) is 9.59 Å². The van der Waals surface area contributed by atoms with Gasteiger partial charge in [0.1, 0.15) is 6.10 Å². The van der Waals surface area contributed by atoms with E-state index in [-0.39, 0.29) is 36.7 Å². The number of ether oxygens (including phenoxy) is 3. The number of carbonyl (C=O) groups is 2. The SMILES string of the molecule is CCO[C@H]1COCC1OC(=O)c1ccccc1.O=C(O)c1cc[c-]cc1.[V]. The van der Waals surface area contributed by atoms with Gasteiger partial charge < -0.3 is 19.3 Å². The normalized spacial score (nSPS) is 17.8. The number of carbonyl (C=O) groups excluding carboxylic acids is 1. The molecule has 0 saturated carbocycles. The van der Waals surface area contributed by atoms with Crippen LogP contribution in [0.4, 0.5) is 0 Å². The quantitative estimate of drug-likeness (QED) is 0.605. The van der Waals surface area contributed by atoms with Gasteiger partial charge in [-0.1, -0.05) is 18.2 Å². The van der Waals surface area contributed by atoms with E-state index in [1.54, 1.807) is 24.3 Å². The first-order chi connectivity index (χ1) is 12.6. The fourth-order valence-electron chi connectivity index (χ4n) is 2.30. The Morgan fingerprint density at radius 3 is 2.26 bits per heavy atom. The summed E-state index contributed by atoms with van der Waals surface area (Å²) in [5.74, 6) is -1.23. The molecule has 1 aliphatic rings. The number of esters is 1. The van der Waals surface area contributed by atoms with Gasteiger partial charge in [0.15, 0.2) is 6.10 Å². The second-order valence-corrected chi connectivity index (χ2v) is 5.43. The van der Waals surface area contributed by atoms with Crippen LogP contribution in [0.25, 0.3) is 0 Å². The minimum Gasteiger partial charge on any atom is -0.479 e. The van der Waals surface area contributed by atoms with Crippen molar-refractivity contribution in [3.05, 3.63) is 71.8 Å². The largest absolute Gasteiger partial charge is 0.479 e. The summed E-state index contributed by atoms with van der Waals surface area (Å²) in [5.41, 5.74) is 0.850. The van der Waals surface area contributed by atoms with Gasteiger partial charge in [0.2, 0.25) is 0 Å². The molecule has 7 heteroatoms. The molecule has 143 valence electrons. The van der Waals surface area contributed by atoms with E-state index in [0.717, 1.165) is 0 Å². The summed E-state index contributed by atoms with van der Waals surface area (Å²) < 4.78 is 16.1. The molecular weight excluding hydrogens is 387 g/mol. The van der Waals surface area contributed by atoms with Crippen molar-refractivity contribution < 1.29 is 47.5 Å². The second kappa shape index (κ2) is 12.3. The van der Waals surface area contributed by atoms with Crippen LogP contribution in [0, 0.1) is 6.07 Å². The van der Waals surface area contributed by atoms with Crippen LogP contribution in [0.2, 0.25) is 0 Å². The van der Waals surface area contributed by atoms with E-state index < -0.39 is 5.97 Å². The van der Waals surface area contributed by atoms with Crippen molar-refractivity contribution >= 4 is 11.9 Å². The van der Waals surface area contributed by atoms with Crippen LogP contribution in [0.5, 0.6) is 0 Å². The van der Waals surface area contributed by atoms with Crippen LogP contribution in [-0.4, -0.2) is 49.1 Å². The smallest absolute Gasteiger partial charge is 0.338 e.